The summed E-state index contributed by atoms with van der Waals surface area (Å²) in [5, 5.41) is 2.27. The molecule has 0 amide bonds. The van der Waals surface area contributed by atoms with Gasteiger partial charge in [-0.1, -0.05) is 115 Å². The zero-order valence-corrected chi connectivity index (χ0v) is 24.4. The fourth-order valence-corrected chi connectivity index (χ4v) is 8.10. The van der Waals surface area contributed by atoms with Gasteiger partial charge in [0.1, 0.15) is 11.2 Å². The molecule has 0 aliphatic heterocycles. The highest BCUT2D eigenvalue weighted by molar-refractivity contribution is 6.06. The summed E-state index contributed by atoms with van der Waals surface area (Å²) in [6.45, 7) is 0. The number of rotatable bonds is 3. The van der Waals surface area contributed by atoms with Crippen LogP contribution in [0.1, 0.15) is 22.3 Å². The van der Waals surface area contributed by atoms with Crippen LogP contribution >= 0.6 is 0 Å². The Morgan fingerprint density at radius 2 is 0.867 bits per heavy atom. The quantitative estimate of drug-likeness (QED) is 0.209. The molecule has 10 rings (SSSR count). The van der Waals surface area contributed by atoms with Crippen molar-refractivity contribution in [2.75, 3.05) is 4.90 Å². The molecule has 8 aromatic rings. The first kappa shape index (κ1) is 24.6. The van der Waals surface area contributed by atoms with Crippen molar-refractivity contribution in [3.63, 3.8) is 0 Å². The van der Waals surface area contributed by atoms with E-state index in [4.69, 9.17) is 4.42 Å². The Morgan fingerprint density at radius 1 is 0.356 bits per heavy atom. The predicted octanol–water partition coefficient (Wildman–Crippen LogP) is 11.4. The normalized spacial score (nSPS) is 13.5. The van der Waals surface area contributed by atoms with Gasteiger partial charge in [0.2, 0.25) is 0 Å². The molecule has 2 aliphatic carbocycles. The number of para-hydroxylation sites is 2. The topological polar surface area (TPSA) is 16.4 Å². The third-order valence-electron chi connectivity index (χ3n) is 9.87. The highest BCUT2D eigenvalue weighted by atomic mass is 16.3. The van der Waals surface area contributed by atoms with E-state index in [1.807, 2.05) is 12.1 Å². The maximum atomic E-state index is 6.36. The fraction of sp³-hybridized carbons (Fsp3) is 0.0233. The Kier molecular flexibility index (Phi) is 4.95. The zero-order valence-electron chi connectivity index (χ0n) is 24.4. The van der Waals surface area contributed by atoms with E-state index >= 15 is 0 Å². The minimum Gasteiger partial charge on any atom is -0.456 e. The number of nitrogens with zero attached hydrogens (tertiary/aromatic N) is 1. The van der Waals surface area contributed by atoms with E-state index in [2.05, 4.69) is 157 Å². The summed E-state index contributed by atoms with van der Waals surface area (Å²) in [6, 6.07) is 59.5. The molecule has 0 N–H and O–H groups in total. The average Bonchev–Trinajstić information content (AvgIpc) is 3.72. The second kappa shape index (κ2) is 9.07. The Morgan fingerprint density at radius 3 is 1.56 bits per heavy atom. The van der Waals surface area contributed by atoms with Crippen molar-refractivity contribution in [1.29, 1.82) is 0 Å². The smallest absolute Gasteiger partial charge is 0.137 e. The fourth-order valence-electron chi connectivity index (χ4n) is 8.10. The third-order valence-corrected chi connectivity index (χ3v) is 9.87. The number of furan rings is 1. The van der Waals surface area contributed by atoms with Crippen molar-refractivity contribution >= 4 is 39.0 Å². The van der Waals surface area contributed by atoms with Gasteiger partial charge in [-0.3, -0.25) is 0 Å². The molecule has 1 aromatic heterocycles. The molecule has 210 valence electrons. The van der Waals surface area contributed by atoms with Gasteiger partial charge in [-0.15, -0.1) is 0 Å². The van der Waals surface area contributed by atoms with Gasteiger partial charge in [-0.05, 0) is 87.0 Å². The Hall–Kier alpha value is -5.86. The van der Waals surface area contributed by atoms with Crippen LogP contribution in [0.3, 0.4) is 0 Å². The van der Waals surface area contributed by atoms with Gasteiger partial charge < -0.3 is 9.32 Å². The van der Waals surface area contributed by atoms with Gasteiger partial charge in [0.15, 0.2) is 0 Å². The molecule has 0 radical (unpaired) electrons. The summed E-state index contributed by atoms with van der Waals surface area (Å²) in [4.78, 5) is 2.36. The first-order valence-corrected chi connectivity index (χ1v) is 15.5. The maximum absolute atomic E-state index is 6.36. The summed E-state index contributed by atoms with van der Waals surface area (Å²) in [6.07, 6.45) is 0. The van der Waals surface area contributed by atoms with E-state index in [1.54, 1.807) is 0 Å². The number of fused-ring (bicyclic) bond motifs is 13. The van der Waals surface area contributed by atoms with Gasteiger partial charge in [0.05, 0.1) is 5.41 Å². The second-order valence-corrected chi connectivity index (χ2v) is 12.1. The monoisotopic (exact) mass is 573 g/mol. The van der Waals surface area contributed by atoms with Gasteiger partial charge in [-0.2, -0.15) is 0 Å². The van der Waals surface area contributed by atoms with E-state index < -0.39 is 0 Å². The van der Waals surface area contributed by atoms with Crippen LogP contribution in [0.15, 0.2) is 168 Å². The second-order valence-electron chi connectivity index (χ2n) is 12.1. The summed E-state index contributed by atoms with van der Waals surface area (Å²) >= 11 is 0. The van der Waals surface area contributed by atoms with E-state index in [-0.39, 0.29) is 5.41 Å². The standard InChI is InChI=1S/C43H27NO/c1-2-12-28(13-3-1)44(30-23-25-36-35-17-7-11-21-41(35)45-42(36)27-30)29-22-24-34-33-16-6-10-20-39(33)43(40(34)26-29)37-18-8-4-14-31(37)32-15-5-9-19-38(32)43/h1-27H. The molecule has 45 heavy (non-hydrogen) atoms. The Balaban J connectivity index is 1.25. The van der Waals surface area contributed by atoms with Crippen LogP contribution in [-0.4, -0.2) is 0 Å². The van der Waals surface area contributed by atoms with Crippen LogP contribution in [0.25, 0.3) is 44.2 Å². The van der Waals surface area contributed by atoms with Crippen molar-refractivity contribution in [2.45, 2.75) is 5.41 Å². The highest BCUT2D eigenvalue weighted by Crippen LogP contribution is 2.63. The summed E-state index contributed by atoms with van der Waals surface area (Å²) < 4.78 is 6.36. The van der Waals surface area contributed by atoms with Crippen LogP contribution in [0.2, 0.25) is 0 Å². The average molecular weight is 574 g/mol. The predicted molar refractivity (Wildman–Crippen MR) is 185 cm³/mol. The molecule has 1 spiro atoms. The lowest BCUT2D eigenvalue weighted by atomic mass is 9.70. The molecule has 0 atom stereocenters. The van der Waals surface area contributed by atoms with Crippen molar-refractivity contribution in [1.82, 2.24) is 0 Å². The molecule has 0 saturated carbocycles. The molecule has 1 heterocycles. The van der Waals surface area contributed by atoms with Crippen molar-refractivity contribution in [3.05, 3.63) is 186 Å². The van der Waals surface area contributed by atoms with Gasteiger partial charge in [0, 0.05) is 33.9 Å². The number of benzene rings is 7. The molecule has 2 aliphatic rings. The van der Waals surface area contributed by atoms with Crippen molar-refractivity contribution < 1.29 is 4.42 Å². The van der Waals surface area contributed by atoms with E-state index in [1.165, 1.54) is 44.5 Å². The minimum atomic E-state index is -0.389. The summed E-state index contributed by atoms with van der Waals surface area (Å²) in [5.41, 5.74) is 15.3. The zero-order chi connectivity index (χ0) is 29.5. The molecule has 0 fully saturated rings. The Bertz CT molecular complexity index is 2390. The molecule has 2 nitrogen and oxygen atoms in total. The third kappa shape index (κ3) is 3.23. The van der Waals surface area contributed by atoms with Crippen LogP contribution < -0.4 is 4.90 Å². The minimum absolute atomic E-state index is 0.389. The van der Waals surface area contributed by atoms with Gasteiger partial charge in [-0.25, -0.2) is 0 Å². The summed E-state index contributed by atoms with van der Waals surface area (Å²) in [7, 11) is 0. The number of hydrogen-bond donors (Lipinski definition) is 0. The van der Waals surface area contributed by atoms with Crippen LogP contribution in [0.4, 0.5) is 17.1 Å². The SMILES string of the molecule is c1ccc(N(c2ccc3c(c2)C2(c4ccccc4-c4ccccc42)c2ccccc2-3)c2ccc3c(c2)oc2ccccc23)cc1. The van der Waals surface area contributed by atoms with Crippen LogP contribution in [0.5, 0.6) is 0 Å². The lowest BCUT2D eigenvalue weighted by Crippen LogP contribution is -2.26. The van der Waals surface area contributed by atoms with Crippen molar-refractivity contribution in [2.24, 2.45) is 0 Å². The summed E-state index contributed by atoms with van der Waals surface area (Å²) in [5.74, 6) is 0. The molecule has 2 heteroatoms. The molecule has 0 bridgehead atoms. The molecule has 7 aromatic carbocycles. The Labute approximate surface area is 261 Å². The van der Waals surface area contributed by atoms with E-state index in [0.29, 0.717) is 0 Å². The number of hydrogen-bond acceptors (Lipinski definition) is 2. The largest absolute Gasteiger partial charge is 0.456 e. The first-order chi connectivity index (χ1) is 22.3. The van der Waals surface area contributed by atoms with Crippen LogP contribution in [0, 0.1) is 0 Å². The molecular weight excluding hydrogens is 546 g/mol. The van der Waals surface area contributed by atoms with E-state index in [9.17, 15) is 0 Å². The lowest BCUT2D eigenvalue weighted by Gasteiger charge is -2.32. The molecular formula is C43H27NO. The molecule has 0 saturated heterocycles. The number of anilines is 3. The van der Waals surface area contributed by atoms with Gasteiger partial charge in [0.25, 0.3) is 0 Å². The van der Waals surface area contributed by atoms with E-state index in [0.717, 1.165) is 39.0 Å². The first-order valence-electron chi connectivity index (χ1n) is 15.5. The molecule has 0 unspecified atom stereocenters. The van der Waals surface area contributed by atoms with Crippen LogP contribution in [-0.2, 0) is 5.41 Å². The lowest BCUT2D eigenvalue weighted by molar-refractivity contribution is 0.669. The maximum Gasteiger partial charge on any atom is 0.137 e. The van der Waals surface area contributed by atoms with Gasteiger partial charge >= 0.3 is 0 Å². The van der Waals surface area contributed by atoms with Crippen molar-refractivity contribution in [3.8, 4) is 22.3 Å². The highest BCUT2D eigenvalue weighted by Gasteiger charge is 2.51.